The lowest BCUT2D eigenvalue weighted by Crippen LogP contribution is -2.53. The zero-order valence-corrected chi connectivity index (χ0v) is 6.63. The second-order valence-electron chi connectivity index (χ2n) is 2.75. The van der Waals surface area contributed by atoms with Crippen LogP contribution in [0, 0.1) is 0 Å². The first-order chi connectivity index (χ1) is 5.24. The normalized spacial score (nSPS) is 28.9. The van der Waals surface area contributed by atoms with Crippen molar-refractivity contribution < 1.29 is 9.90 Å². The van der Waals surface area contributed by atoms with Gasteiger partial charge in [-0.2, -0.15) is 0 Å². The molecule has 0 bridgehead atoms. The zero-order chi connectivity index (χ0) is 8.27. The number of carbonyl (C=O) groups excluding carboxylic acids is 1. The largest absolute Gasteiger partial charge is 0.391 e. The Labute approximate surface area is 66.0 Å². The van der Waals surface area contributed by atoms with Crippen LogP contribution in [-0.2, 0) is 0 Å². The molecule has 0 saturated heterocycles. The predicted molar refractivity (Wildman–Crippen MR) is 41.2 cm³/mol. The van der Waals surface area contributed by atoms with Crippen LogP contribution in [0.1, 0.15) is 19.8 Å². The smallest absolute Gasteiger partial charge is 0.315 e. The summed E-state index contributed by atoms with van der Waals surface area (Å²) in [6.45, 7) is 2.48. The standard InChI is InChI=1S/C7H14N2O2/c1-2-8-7(11)9-5-3-4-6(5)10/h5-6,10H,2-4H2,1H3,(H2,8,9,11)/t5-,6-/m1/s1. The molecule has 2 atom stereocenters. The number of nitrogens with one attached hydrogen (secondary N) is 2. The van der Waals surface area contributed by atoms with Gasteiger partial charge in [-0.25, -0.2) is 4.79 Å². The summed E-state index contributed by atoms with van der Waals surface area (Å²) in [6.07, 6.45) is 1.35. The topological polar surface area (TPSA) is 61.4 Å². The summed E-state index contributed by atoms with van der Waals surface area (Å²) in [7, 11) is 0. The van der Waals surface area contributed by atoms with E-state index in [1.165, 1.54) is 0 Å². The van der Waals surface area contributed by atoms with E-state index >= 15 is 0 Å². The van der Waals surface area contributed by atoms with Gasteiger partial charge in [0.05, 0.1) is 12.1 Å². The number of aliphatic hydroxyl groups excluding tert-OH is 1. The van der Waals surface area contributed by atoms with Gasteiger partial charge in [0.25, 0.3) is 0 Å². The van der Waals surface area contributed by atoms with Crippen LogP contribution in [0.3, 0.4) is 0 Å². The number of urea groups is 1. The van der Waals surface area contributed by atoms with Crippen LogP contribution in [0.25, 0.3) is 0 Å². The summed E-state index contributed by atoms with van der Waals surface area (Å²) in [6, 6.07) is -0.210. The monoisotopic (exact) mass is 158 g/mol. The summed E-state index contributed by atoms with van der Waals surface area (Å²) in [5.74, 6) is 0. The molecule has 1 fully saturated rings. The summed E-state index contributed by atoms with van der Waals surface area (Å²) < 4.78 is 0. The lowest BCUT2D eigenvalue weighted by molar-refractivity contribution is 0.0549. The highest BCUT2D eigenvalue weighted by molar-refractivity contribution is 5.74. The first-order valence-corrected chi connectivity index (χ1v) is 3.96. The van der Waals surface area contributed by atoms with Gasteiger partial charge >= 0.3 is 6.03 Å². The highest BCUT2D eigenvalue weighted by Gasteiger charge is 2.29. The van der Waals surface area contributed by atoms with E-state index in [2.05, 4.69) is 10.6 Å². The first-order valence-electron chi connectivity index (χ1n) is 3.96. The molecule has 0 unspecified atom stereocenters. The van der Waals surface area contributed by atoms with Crippen LogP contribution in [0.5, 0.6) is 0 Å². The van der Waals surface area contributed by atoms with Crippen molar-refractivity contribution in [3.05, 3.63) is 0 Å². The summed E-state index contributed by atoms with van der Waals surface area (Å²) in [4.78, 5) is 10.9. The number of aliphatic hydroxyl groups is 1. The van der Waals surface area contributed by atoms with Crippen molar-refractivity contribution in [3.63, 3.8) is 0 Å². The maximum Gasteiger partial charge on any atom is 0.315 e. The fraction of sp³-hybridized carbons (Fsp3) is 0.857. The van der Waals surface area contributed by atoms with Gasteiger partial charge in [-0.05, 0) is 19.8 Å². The van der Waals surface area contributed by atoms with E-state index in [1.54, 1.807) is 0 Å². The van der Waals surface area contributed by atoms with Gasteiger partial charge in [-0.15, -0.1) is 0 Å². The van der Waals surface area contributed by atoms with Crippen LogP contribution in [0.15, 0.2) is 0 Å². The van der Waals surface area contributed by atoms with Crippen LogP contribution < -0.4 is 10.6 Å². The Morgan fingerprint density at radius 1 is 1.64 bits per heavy atom. The third-order valence-electron chi connectivity index (χ3n) is 1.89. The molecule has 0 aromatic carbocycles. The maximum atomic E-state index is 10.9. The molecule has 0 heterocycles. The van der Waals surface area contributed by atoms with Gasteiger partial charge in [-0.1, -0.05) is 0 Å². The molecule has 4 nitrogen and oxygen atoms in total. The Morgan fingerprint density at radius 3 is 2.73 bits per heavy atom. The maximum absolute atomic E-state index is 10.9. The fourth-order valence-electron chi connectivity index (χ4n) is 1.03. The third kappa shape index (κ3) is 2.08. The molecule has 0 radical (unpaired) electrons. The highest BCUT2D eigenvalue weighted by atomic mass is 16.3. The molecule has 1 saturated carbocycles. The lowest BCUT2D eigenvalue weighted by atomic mass is 9.89. The SMILES string of the molecule is CCNC(=O)N[C@@H]1CC[C@H]1O. The molecule has 4 heteroatoms. The van der Waals surface area contributed by atoms with Crippen molar-refractivity contribution in [2.45, 2.75) is 31.9 Å². The Balaban J connectivity index is 2.14. The third-order valence-corrected chi connectivity index (χ3v) is 1.89. The first kappa shape index (κ1) is 8.33. The predicted octanol–water partition coefficient (Wildman–Crippen LogP) is -0.171. The second kappa shape index (κ2) is 3.57. The molecule has 1 aliphatic rings. The molecule has 11 heavy (non-hydrogen) atoms. The number of carbonyl (C=O) groups is 1. The minimum Gasteiger partial charge on any atom is -0.391 e. The molecule has 0 spiro atoms. The quantitative estimate of drug-likeness (QED) is 0.522. The number of hydrogen-bond donors (Lipinski definition) is 3. The van der Waals surface area contributed by atoms with E-state index in [1.807, 2.05) is 6.92 Å². The Kier molecular flexibility index (Phi) is 2.70. The van der Waals surface area contributed by atoms with Gasteiger partial charge in [0.1, 0.15) is 0 Å². The molecule has 2 amide bonds. The molecule has 64 valence electrons. The zero-order valence-electron chi connectivity index (χ0n) is 6.63. The van der Waals surface area contributed by atoms with E-state index in [4.69, 9.17) is 5.11 Å². The summed E-state index contributed by atoms with van der Waals surface area (Å²) >= 11 is 0. The van der Waals surface area contributed by atoms with E-state index in [0.717, 1.165) is 12.8 Å². The lowest BCUT2D eigenvalue weighted by Gasteiger charge is -2.32. The van der Waals surface area contributed by atoms with Crippen molar-refractivity contribution in [2.24, 2.45) is 0 Å². The average Bonchev–Trinajstić information content (AvgIpc) is 1.98. The van der Waals surface area contributed by atoms with Crippen LogP contribution in [0.4, 0.5) is 4.79 Å². The Hall–Kier alpha value is -0.770. The molecule has 0 aliphatic heterocycles. The Bertz CT molecular complexity index is 149. The van der Waals surface area contributed by atoms with E-state index in [-0.39, 0.29) is 18.2 Å². The van der Waals surface area contributed by atoms with E-state index < -0.39 is 0 Å². The number of hydrogen-bond acceptors (Lipinski definition) is 2. The molecule has 0 aromatic heterocycles. The minimum atomic E-state index is -0.336. The van der Waals surface area contributed by atoms with Crippen molar-refractivity contribution in [2.75, 3.05) is 6.54 Å². The Morgan fingerprint density at radius 2 is 2.36 bits per heavy atom. The number of rotatable bonds is 2. The minimum absolute atomic E-state index is 0.0263. The van der Waals surface area contributed by atoms with Crippen molar-refractivity contribution in [1.82, 2.24) is 10.6 Å². The summed E-state index contributed by atoms with van der Waals surface area (Å²) in [5, 5.41) is 14.4. The van der Waals surface area contributed by atoms with Crippen molar-refractivity contribution in [1.29, 1.82) is 0 Å². The van der Waals surface area contributed by atoms with Gasteiger partial charge in [0, 0.05) is 6.54 Å². The molecular formula is C7H14N2O2. The second-order valence-corrected chi connectivity index (χ2v) is 2.75. The molecule has 3 N–H and O–H groups in total. The van der Waals surface area contributed by atoms with Gasteiger partial charge in [-0.3, -0.25) is 0 Å². The fourth-order valence-corrected chi connectivity index (χ4v) is 1.03. The van der Waals surface area contributed by atoms with E-state index in [0.29, 0.717) is 6.54 Å². The van der Waals surface area contributed by atoms with Crippen molar-refractivity contribution >= 4 is 6.03 Å². The molecule has 1 rings (SSSR count). The van der Waals surface area contributed by atoms with Crippen molar-refractivity contribution in [3.8, 4) is 0 Å². The number of amides is 2. The highest BCUT2D eigenvalue weighted by Crippen LogP contribution is 2.18. The van der Waals surface area contributed by atoms with Gasteiger partial charge in [0.2, 0.25) is 0 Å². The van der Waals surface area contributed by atoms with E-state index in [9.17, 15) is 4.79 Å². The van der Waals surface area contributed by atoms with Crippen LogP contribution in [0.2, 0.25) is 0 Å². The summed E-state index contributed by atoms with van der Waals surface area (Å²) in [5.41, 5.74) is 0. The van der Waals surface area contributed by atoms with Crippen LogP contribution in [-0.4, -0.2) is 29.8 Å². The molecule has 1 aliphatic carbocycles. The van der Waals surface area contributed by atoms with Crippen LogP contribution >= 0.6 is 0 Å². The average molecular weight is 158 g/mol. The molecule has 0 aromatic rings. The van der Waals surface area contributed by atoms with Gasteiger partial charge in [0.15, 0.2) is 0 Å². The van der Waals surface area contributed by atoms with Gasteiger partial charge < -0.3 is 15.7 Å². The molecular weight excluding hydrogens is 144 g/mol.